The second kappa shape index (κ2) is 8.51. The molecule has 0 aliphatic heterocycles. The van der Waals surface area contributed by atoms with Crippen molar-refractivity contribution < 1.29 is 19.4 Å². The molecule has 0 fully saturated rings. The molecule has 0 saturated carbocycles. The van der Waals surface area contributed by atoms with Crippen LogP contribution in [0.5, 0.6) is 11.5 Å². The molecule has 3 aromatic carbocycles. The van der Waals surface area contributed by atoms with Crippen LogP contribution in [0.25, 0.3) is 21.9 Å². The van der Waals surface area contributed by atoms with Gasteiger partial charge >= 0.3 is 0 Å². The number of rotatable bonds is 7. The fourth-order valence-electron chi connectivity index (χ4n) is 3.44. The maximum atomic E-state index is 13.1. The first-order valence-electron chi connectivity index (χ1n) is 10.2. The molecule has 4 N–H and O–H groups in total. The Kier molecular flexibility index (Phi) is 5.78. The van der Waals surface area contributed by atoms with Crippen LogP contribution in [-0.2, 0) is 6.42 Å². The van der Waals surface area contributed by atoms with E-state index in [0.29, 0.717) is 46.3 Å². The fourth-order valence-corrected chi connectivity index (χ4v) is 3.44. The van der Waals surface area contributed by atoms with E-state index in [1.165, 1.54) is 0 Å². The van der Waals surface area contributed by atoms with Crippen molar-refractivity contribution in [1.82, 2.24) is 0 Å². The highest BCUT2D eigenvalue weighted by molar-refractivity contribution is 5.90. The minimum absolute atomic E-state index is 0.122. The largest absolute Gasteiger partial charge is 0.457 e. The molecule has 0 bridgehead atoms. The summed E-state index contributed by atoms with van der Waals surface area (Å²) in [5, 5.41) is 19.7. The smallest absolute Gasteiger partial charge is 0.200 e. The summed E-state index contributed by atoms with van der Waals surface area (Å²) >= 11 is 0. The van der Waals surface area contributed by atoms with Crippen LogP contribution in [0.1, 0.15) is 17.5 Å². The van der Waals surface area contributed by atoms with Crippen LogP contribution in [-0.4, -0.2) is 29.0 Å². The van der Waals surface area contributed by atoms with Crippen LogP contribution in [0.4, 0.5) is 0 Å². The Morgan fingerprint density at radius 3 is 2.32 bits per heavy atom. The van der Waals surface area contributed by atoms with Gasteiger partial charge in [-0.3, -0.25) is 4.79 Å². The third kappa shape index (κ3) is 4.46. The number of aliphatic hydroxyl groups is 2. The third-order valence-electron chi connectivity index (χ3n) is 5.50. The van der Waals surface area contributed by atoms with Crippen LogP contribution >= 0.6 is 0 Å². The molecule has 4 aromatic rings. The van der Waals surface area contributed by atoms with Gasteiger partial charge < -0.3 is 25.1 Å². The highest BCUT2D eigenvalue weighted by atomic mass is 16.5. The van der Waals surface area contributed by atoms with E-state index >= 15 is 0 Å². The van der Waals surface area contributed by atoms with Crippen LogP contribution in [0.2, 0.25) is 0 Å². The molecule has 0 saturated heterocycles. The average Bonchev–Trinajstić information content (AvgIpc) is 2.79. The molecule has 1 heterocycles. The lowest BCUT2D eigenvalue weighted by Gasteiger charge is -2.24. The van der Waals surface area contributed by atoms with E-state index < -0.39 is 5.54 Å². The minimum Gasteiger partial charge on any atom is -0.457 e. The number of benzene rings is 3. The monoisotopic (exact) mass is 419 g/mol. The van der Waals surface area contributed by atoms with Gasteiger partial charge in [-0.2, -0.15) is 0 Å². The summed E-state index contributed by atoms with van der Waals surface area (Å²) in [4.78, 5) is 13.1. The molecule has 6 nitrogen and oxygen atoms in total. The van der Waals surface area contributed by atoms with Crippen molar-refractivity contribution in [3.63, 3.8) is 0 Å². The van der Waals surface area contributed by atoms with Gasteiger partial charge in [-0.1, -0.05) is 23.8 Å². The molecule has 0 aliphatic carbocycles. The molecule has 0 radical (unpaired) electrons. The van der Waals surface area contributed by atoms with E-state index in [1.807, 2.05) is 37.3 Å². The summed E-state index contributed by atoms with van der Waals surface area (Å²) in [7, 11) is 0. The molecular formula is C25H25NO5. The number of hydrogen-bond donors (Lipinski definition) is 3. The van der Waals surface area contributed by atoms with E-state index in [0.717, 1.165) is 11.1 Å². The Labute approximate surface area is 179 Å². The zero-order valence-electron chi connectivity index (χ0n) is 17.3. The van der Waals surface area contributed by atoms with Gasteiger partial charge in [0.05, 0.1) is 29.5 Å². The Hall–Kier alpha value is -3.19. The van der Waals surface area contributed by atoms with Gasteiger partial charge in [0.15, 0.2) is 0 Å². The lowest BCUT2D eigenvalue weighted by molar-refractivity contribution is 0.115. The van der Waals surface area contributed by atoms with Gasteiger partial charge in [-0.05, 0) is 61.7 Å². The Bertz CT molecular complexity index is 1270. The van der Waals surface area contributed by atoms with Gasteiger partial charge in [-0.25, -0.2) is 0 Å². The second-order valence-corrected chi connectivity index (χ2v) is 8.01. The summed E-state index contributed by atoms with van der Waals surface area (Å²) in [6, 6.07) is 18.3. The zero-order valence-corrected chi connectivity index (χ0v) is 17.3. The van der Waals surface area contributed by atoms with Crippen LogP contribution in [0.3, 0.4) is 0 Å². The number of ether oxygens (including phenoxy) is 1. The molecule has 1 aromatic heterocycles. The first-order chi connectivity index (χ1) is 14.9. The standard InChI is InChI=1S/C25H25NO5/c1-16-2-5-18(6-3-16)30-19-7-8-20-23(13-19)31-22-9-4-17(12-21(22)24(20)29)10-11-25(26,14-27)15-28/h2-9,12-13,27-28H,10-11,14-15,26H2,1H3. The van der Waals surface area contributed by atoms with Gasteiger partial charge in [0.2, 0.25) is 5.43 Å². The lowest BCUT2D eigenvalue weighted by atomic mass is 9.93. The predicted octanol–water partition coefficient (Wildman–Crippen LogP) is 3.66. The Morgan fingerprint density at radius 2 is 1.61 bits per heavy atom. The van der Waals surface area contributed by atoms with Crippen LogP contribution in [0, 0.1) is 6.92 Å². The number of aliphatic hydroxyl groups excluding tert-OH is 2. The molecule has 0 spiro atoms. The number of nitrogens with two attached hydrogens (primary N) is 1. The van der Waals surface area contributed by atoms with Crippen molar-refractivity contribution in [2.24, 2.45) is 5.73 Å². The molecule has 0 aliphatic rings. The summed E-state index contributed by atoms with van der Waals surface area (Å²) in [5.74, 6) is 1.29. The van der Waals surface area contributed by atoms with E-state index in [4.69, 9.17) is 14.9 Å². The number of fused-ring (bicyclic) bond motifs is 2. The number of hydrogen-bond acceptors (Lipinski definition) is 6. The third-order valence-corrected chi connectivity index (χ3v) is 5.50. The topological polar surface area (TPSA) is 106 Å². The number of aryl methyl sites for hydroxylation is 2. The average molecular weight is 419 g/mol. The molecular weight excluding hydrogens is 394 g/mol. The molecule has 4 rings (SSSR count). The predicted molar refractivity (Wildman–Crippen MR) is 121 cm³/mol. The molecule has 6 heteroatoms. The summed E-state index contributed by atoms with van der Waals surface area (Å²) in [6.45, 7) is 1.39. The van der Waals surface area contributed by atoms with Crippen LogP contribution < -0.4 is 15.9 Å². The van der Waals surface area contributed by atoms with Crippen molar-refractivity contribution in [3.8, 4) is 11.5 Å². The summed E-state index contributed by atoms with van der Waals surface area (Å²) < 4.78 is 11.9. The Morgan fingerprint density at radius 1 is 0.903 bits per heavy atom. The van der Waals surface area contributed by atoms with Gasteiger partial charge in [0.25, 0.3) is 0 Å². The first-order valence-corrected chi connectivity index (χ1v) is 10.2. The minimum atomic E-state index is -1.04. The summed E-state index contributed by atoms with van der Waals surface area (Å²) in [5.41, 5.74) is 7.75. The highest BCUT2D eigenvalue weighted by Crippen LogP contribution is 2.27. The van der Waals surface area contributed by atoms with E-state index in [-0.39, 0.29) is 18.6 Å². The highest BCUT2D eigenvalue weighted by Gasteiger charge is 2.22. The summed E-state index contributed by atoms with van der Waals surface area (Å²) in [6.07, 6.45) is 0.915. The maximum absolute atomic E-state index is 13.1. The van der Waals surface area contributed by atoms with Crippen molar-refractivity contribution in [2.45, 2.75) is 25.3 Å². The van der Waals surface area contributed by atoms with E-state index in [2.05, 4.69) is 0 Å². The lowest BCUT2D eigenvalue weighted by Crippen LogP contribution is -2.47. The van der Waals surface area contributed by atoms with Crippen molar-refractivity contribution in [3.05, 3.63) is 82.0 Å². The molecule has 0 amide bonds. The van der Waals surface area contributed by atoms with Crippen molar-refractivity contribution >= 4 is 21.9 Å². The SMILES string of the molecule is Cc1ccc(Oc2ccc3c(=O)c4cc(CCC(N)(CO)CO)ccc4oc3c2)cc1. The van der Waals surface area contributed by atoms with Crippen LogP contribution in [0.15, 0.2) is 69.9 Å². The van der Waals surface area contributed by atoms with Crippen molar-refractivity contribution in [2.75, 3.05) is 13.2 Å². The zero-order chi connectivity index (χ0) is 22.0. The molecule has 0 atom stereocenters. The first kappa shape index (κ1) is 21.1. The maximum Gasteiger partial charge on any atom is 0.200 e. The van der Waals surface area contributed by atoms with Gasteiger partial charge in [-0.15, -0.1) is 0 Å². The Balaban J connectivity index is 1.65. The fraction of sp³-hybridized carbons (Fsp3) is 0.240. The van der Waals surface area contributed by atoms with Crippen molar-refractivity contribution in [1.29, 1.82) is 0 Å². The van der Waals surface area contributed by atoms with E-state index in [9.17, 15) is 15.0 Å². The molecule has 0 unspecified atom stereocenters. The van der Waals surface area contributed by atoms with E-state index in [1.54, 1.807) is 30.3 Å². The second-order valence-electron chi connectivity index (χ2n) is 8.01. The van der Waals surface area contributed by atoms with Gasteiger partial charge in [0, 0.05) is 6.07 Å². The molecule has 160 valence electrons. The molecule has 31 heavy (non-hydrogen) atoms. The van der Waals surface area contributed by atoms with Gasteiger partial charge in [0.1, 0.15) is 22.7 Å². The quantitative estimate of drug-likeness (QED) is 0.395. The normalized spacial score (nSPS) is 11.9.